The summed E-state index contributed by atoms with van der Waals surface area (Å²) in [6, 6.07) is 0. The zero-order valence-electron chi connectivity index (χ0n) is 26.1. The van der Waals surface area contributed by atoms with Crippen LogP contribution in [0.15, 0.2) is 27.0 Å². The van der Waals surface area contributed by atoms with Crippen LogP contribution in [-0.2, 0) is 31.6 Å². The Morgan fingerprint density at radius 1 is 1.02 bits per heavy atom. The summed E-state index contributed by atoms with van der Waals surface area (Å²) in [5, 5.41) is 4.39. The van der Waals surface area contributed by atoms with Gasteiger partial charge in [0.2, 0.25) is 0 Å². The van der Waals surface area contributed by atoms with E-state index in [2.05, 4.69) is 18.3 Å². The molecule has 20 nitrogen and oxygen atoms in total. The van der Waals surface area contributed by atoms with Crippen LogP contribution in [0, 0.1) is 23.3 Å². The van der Waals surface area contributed by atoms with Crippen molar-refractivity contribution in [1.29, 1.82) is 0 Å². The SMILES string of the molecule is [Li+].[Li+].[Li+].[Li+].[N-]=[N+]=Nc1c(F)c(F)c(C(=O)NC/C=C/c2cn([C@H]3CC[C@@H](COP(=O)([O-])OP(=O)([O-])OP(=O)([O-])[O-])O3)c(=O)[nH]c2=O)c(F)c1F. The van der Waals surface area contributed by atoms with Crippen molar-refractivity contribution < 1.29 is 149 Å². The van der Waals surface area contributed by atoms with Gasteiger partial charge in [-0.3, -0.25) is 32.6 Å². The van der Waals surface area contributed by atoms with Crippen LogP contribution in [0.5, 0.6) is 0 Å². The van der Waals surface area contributed by atoms with Gasteiger partial charge in [0.05, 0.1) is 26.1 Å². The molecule has 1 fully saturated rings. The van der Waals surface area contributed by atoms with E-state index in [0.717, 1.165) is 22.9 Å². The monoisotopic (exact) mass is 748 g/mol. The fourth-order valence-corrected chi connectivity index (χ4v) is 6.57. The zero-order chi connectivity index (χ0) is 34.6. The quantitative estimate of drug-likeness (QED) is 0.0366. The van der Waals surface area contributed by atoms with Crippen LogP contribution >= 0.6 is 23.5 Å². The first kappa shape index (κ1) is 51.0. The maximum atomic E-state index is 14.2. The number of carbonyl (C=O) groups is 1. The molecular weight excluding hydrogens is 733 g/mol. The van der Waals surface area contributed by atoms with Crippen LogP contribution in [0.1, 0.15) is 35.0 Å². The number of halogens is 4. The van der Waals surface area contributed by atoms with E-state index in [1.54, 1.807) is 0 Å². The summed E-state index contributed by atoms with van der Waals surface area (Å²) in [5.41, 5.74) is 2.72. The number of carbonyl (C=O) groups excluding carboxylic acids is 1. The molecule has 2 aromatic rings. The van der Waals surface area contributed by atoms with E-state index in [9.17, 15) is 65.2 Å². The predicted octanol–water partition coefficient (Wildman–Crippen LogP) is -12.0. The molecule has 3 rings (SSSR count). The number of phosphoric ester groups is 1. The molecule has 4 atom stereocenters. The van der Waals surface area contributed by atoms with Crippen molar-refractivity contribution in [3.8, 4) is 0 Å². The molecule has 2 unspecified atom stereocenters. The second-order valence-corrected chi connectivity index (χ2v) is 12.9. The molecule has 2 heterocycles. The first-order chi connectivity index (χ1) is 21.2. The van der Waals surface area contributed by atoms with Gasteiger partial charge in [0.1, 0.15) is 17.5 Å². The fourth-order valence-electron chi connectivity index (χ4n) is 3.68. The third-order valence-corrected chi connectivity index (χ3v) is 9.16. The number of aromatic amines is 1. The standard InChI is InChI=1S/C19H19F4N6O14P3.4Li/c20-12-11(13(21)15(23)16(14(12)22)27-28-24)18(31)25-5-1-2-8-6-29(19(32)26-17(8)30)10-4-3-9(41-10)7-40-45(36,37)43-46(38,39)42-44(33,34)35;;;;/h1-2,6,9-10H,3-5,7H2,(H,25,31)(H,36,37)(H,38,39)(H,26,30,32)(H2,33,34,35);;;;/q;4*+1/p-4/b2-1+;;;;/t9-,10+;;;;/m0..../s1. The van der Waals surface area contributed by atoms with Crippen molar-refractivity contribution in [3.63, 3.8) is 0 Å². The largest absolute Gasteiger partial charge is 1.00 e. The molecule has 1 aromatic heterocycles. The minimum absolute atomic E-state index is 0. The summed E-state index contributed by atoms with van der Waals surface area (Å²) in [7, 11) is -18.2. The molecule has 252 valence electrons. The maximum absolute atomic E-state index is 14.2. The average molecular weight is 748 g/mol. The number of nitrogens with one attached hydrogen (secondary N) is 2. The number of benzene rings is 1. The number of hydrogen-bond donors (Lipinski definition) is 2. The molecule has 1 saturated heterocycles. The summed E-state index contributed by atoms with van der Waals surface area (Å²) in [4.78, 5) is 84.3. The Hall–Kier alpha value is -1.10. The van der Waals surface area contributed by atoms with Gasteiger partial charge in [0, 0.05) is 17.7 Å². The Bertz CT molecular complexity index is 1870. The number of azide groups is 1. The fraction of sp³-hybridized carbons (Fsp3) is 0.316. The second kappa shape index (κ2) is 21.0. The molecule has 50 heavy (non-hydrogen) atoms. The topological polar surface area (TPSA) is 313 Å². The van der Waals surface area contributed by atoms with E-state index in [1.807, 2.05) is 15.2 Å². The predicted molar refractivity (Wildman–Crippen MR) is 132 cm³/mol. The number of rotatable bonds is 13. The van der Waals surface area contributed by atoms with Crippen LogP contribution in [-0.4, -0.2) is 34.7 Å². The first-order valence-corrected chi connectivity index (χ1v) is 16.2. The summed E-state index contributed by atoms with van der Waals surface area (Å²) in [5.74, 6) is -10.2. The summed E-state index contributed by atoms with van der Waals surface area (Å²) >= 11 is 0. The van der Waals surface area contributed by atoms with Gasteiger partial charge < -0.3 is 38.7 Å². The molecule has 0 saturated carbocycles. The molecule has 1 amide bonds. The maximum Gasteiger partial charge on any atom is 1.00 e. The van der Waals surface area contributed by atoms with E-state index >= 15 is 0 Å². The van der Waals surface area contributed by atoms with Gasteiger partial charge in [-0.1, -0.05) is 17.3 Å². The van der Waals surface area contributed by atoms with Gasteiger partial charge in [-0.25, -0.2) is 26.7 Å². The van der Waals surface area contributed by atoms with Gasteiger partial charge in [-0.05, 0) is 18.4 Å². The number of phosphoric acid groups is 3. The van der Waals surface area contributed by atoms with E-state index < -0.39 is 101 Å². The molecule has 2 N–H and O–H groups in total. The Labute approximate surface area is 324 Å². The number of amides is 1. The Balaban J connectivity index is 0. The van der Waals surface area contributed by atoms with Gasteiger partial charge in [-0.15, -0.1) is 0 Å². The Morgan fingerprint density at radius 3 is 2.14 bits per heavy atom. The van der Waals surface area contributed by atoms with Gasteiger partial charge in [-0.2, -0.15) is 0 Å². The second-order valence-electron chi connectivity index (χ2n) is 8.62. The van der Waals surface area contributed by atoms with Crippen LogP contribution in [0.2, 0.25) is 0 Å². The van der Waals surface area contributed by atoms with Crippen molar-refractivity contribution in [2.24, 2.45) is 5.11 Å². The van der Waals surface area contributed by atoms with Crippen LogP contribution in [0.25, 0.3) is 16.5 Å². The number of ether oxygens (including phenoxy) is 1. The van der Waals surface area contributed by atoms with Gasteiger partial charge in [0.15, 0.2) is 23.3 Å². The summed E-state index contributed by atoms with van der Waals surface area (Å²) in [6.45, 7) is -1.51. The molecule has 31 heteroatoms. The summed E-state index contributed by atoms with van der Waals surface area (Å²) < 4.78 is 106. The molecule has 0 bridgehead atoms. The van der Waals surface area contributed by atoms with E-state index in [4.69, 9.17) is 10.3 Å². The number of nitrogens with zero attached hydrogens (tertiary/aromatic N) is 4. The third kappa shape index (κ3) is 14.0. The molecule has 0 spiro atoms. The minimum atomic E-state index is -6.19. The van der Waals surface area contributed by atoms with Crippen molar-refractivity contribution >= 4 is 41.1 Å². The Morgan fingerprint density at radius 2 is 1.60 bits per heavy atom. The summed E-state index contributed by atoms with van der Waals surface area (Å²) in [6.07, 6.45) is 0.670. The number of hydrogen-bond acceptors (Lipinski definition) is 15. The smallest absolute Gasteiger partial charge is 0.790 e. The zero-order valence-corrected chi connectivity index (χ0v) is 28.8. The van der Waals surface area contributed by atoms with E-state index in [-0.39, 0.29) is 93.8 Å². The third-order valence-electron chi connectivity index (χ3n) is 5.50. The van der Waals surface area contributed by atoms with Crippen LogP contribution in [0.3, 0.4) is 0 Å². The van der Waals surface area contributed by atoms with Crippen molar-refractivity contribution in [2.75, 3.05) is 13.2 Å². The first-order valence-electron chi connectivity index (χ1n) is 11.8. The normalized spacial score (nSPS) is 17.8. The molecule has 0 radical (unpaired) electrons. The average Bonchev–Trinajstić information content (AvgIpc) is 3.39. The number of aromatic nitrogens is 2. The van der Waals surface area contributed by atoms with Crippen molar-refractivity contribution in [3.05, 3.63) is 77.9 Å². The molecule has 0 aliphatic carbocycles. The van der Waals surface area contributed by atoms with Crippen LogP contribution < -0.4 is 112 Å². The van der Waals surface area contributed by atoms with E-state index in [0.29, 0.717) is 0 Å². The number of H-pyrrole nitrogens is 1. The molecule has 1 aliphatic rings. The van der Waals surface area contributed by atoms with Gasteiger partial charge in [0.25, 0.3) is 27.1 Å². The molecule has 1 aliphatic heterocycles. The van der Waals surface area contributed by atoms with E-state index in [1.165, 1.54) is 0 Å². The molecular formula is C19H15F4Li4N6O14P3. The van der Waals surface area contributed by atoms with Crippen molar-refractivity contribution in [1.82, 2.24) is 14.9 Å². The van der Waals surface area contributed by atoms with Gasteiger partial charge >= 0.3 is 81.1 Å². The molecule has 1 aromatic carbocycles. The van der Waals surface area contributed by atoms with Crippen molar-refractivity contribution in [2.45, 2.75) is 25.2 Å². The Kier molecular flexibility index (Phi) is 21.4. The minimum Gasteiger partial charge on any atom is -0.790 e. The van der Waals surface area contributed by atoms with Crippen LogP contribution in [0.4, 0.5) is 23.2 Å².